The Labute approximate surface area is 97.0 Å². The first kappa shape index (κ1) is 11.5. The Morgan fingerprint density at radius 3 is 3.00 bits per heavy atom. The fourth-order valence-corrected chi connectivity index (χ4v) is 2.09. The van der Waals surface area contributed by atoms with E-state index in [2.05, 4.69) is 21.8 Å². The van der Waals surface area contributed by atoms with Crippen LogP contribution in [0.25, 0.3) is 0 Å². The zero-order valence-corrected chi connectivity index (χ0v) is 10.2. The van der Waals surface area contributed by atoms with Crippen LogP contribution in [0.4, 0.5) is 5.95 Å². The van der Waals surface area contributed by atoms with Gasteiger partial charge in [0.05, 0.1) is 0 Å². The summed E-state index contributed by atoms with van der Waals surface area (Å²) in [6, 6.07) is 0. The van der Waals surface area contributed by atoms with Crippen molar-refractivity contribution in [2.24, 2.45) is 0 Å². The molecular weight excluding hydrogens is 202 g/mol. The molecule has 0 aliphatic heterocycles. The molecule has 1 fully saturated rings. The van der Waals surface area contributed by atoms with E-state index in [1.165, 1.54) is 19.3 Å². The minimum Gasteiger partial charge on any atom is -0.385 e. The lowest BCUT2D eigenvalue weighted by Gasteiger charge is -2.39. The fraction of sp³-hybridized carbons (Fsp3) is 0.750. The molecule has 0 atom stereocenters. The number of anilines is 1. The molecule has 0 saturated heterocycles. The Morgan fingerprint density at radius 1 is 1.56 bits per heavy atom. The number of rotatable bonds is 6. The molecule has 1 heterocycles. The standard InChI is InChI=1S/C12H21N3O/c1-12(5-3-6-12)14-11-13-7-9-15(11)8-4-10-16-2/h7,9H,3-6,8,10H2,1-2H3,(H,13,14). The van der Waals surface area contributed by atoms with E-state index in [1.807, 2.05) is 12.4 Å². The van der Waals surface area contributed by atoms with E-state index in [4.69, 9.17) is 4.74 Å². The summed E-state index contributed by atoms with van der Waals surface area (Å²) in [5, 5.41) is 3.54. The van der Waals surface area contributed by atoms with Gasteiger partial charge in [0.1, 0.15) is 0 Å². The maximum atomic E-state index is 5.06. The van der Waals surface area contributed by atoms with Crippen molar-refractivity contribution in [3.63, 3.8) is 0 Å². The summed E-state index contributed by atoms with van der Waals surface area (Å²) >= 11 is 0. The normalized spacial score (nSPS) is 18.1. The molecule has 90 valence electrons. The number of methoxy groups -OCH3 is 1. The maximum Gasteiger partial charge on any atom is 0.203 e. The Morgan fingerprint density at radius 2 is 2.38 bits per heavy atom. The number of nitrogens with one attached hydrogen (secondary N) is 1. The molecule has 0 aromatic carbocycles. The van der Waals surface area contributed by atoms with Crippen LogP contribution in [0.5, 0.6) is 0 Å². The van der Waals surface area contributed by atoms with Crippen molar-refractivity contribution in [3.05, 3.63) is 12.4 Å². The van der Waals surface area contributed by atoms with Crippen molar-refractivity contribution in [3.8, 4) is 0 Å². The van der Waals surface area contributed by atoms with Crippen LogP contribution in [0.1, 0.15) is 32.6 Å². The van der Waals surface area contributed by atoms with Crippen LogP contribution in [0.3, 0.4) is 0 Å². The lowest BCUT2D eigenvalue weighted by atomic mass is 9.79. The maximum absolute atomic E-state index is 5.06. The van der Waals surface area contributed by atoms with Gasteiger partial charge in [-0.3, -0.25) is 0 Å². The number of imidazole rings is 1. The largest absolute Gasteiger partial charge is 0.385 e. The van der Waals surface area contributed by atoms with E-state index in [0.717, 1.165) is 25.5 Å². The molecule has 0 unspecified atom stereocenters. The molecule has 1 N–H and O–H groups in total. The number of aromatic nitrogens is 2. The molecule has 0 radical (unpaired) electrons. The molecule has 1 saturated carbocycles. The second kappa shape index (κ2) is 4.87. The SMILES string of the molecule is COCCCn1ccnc1NC1(C)CCC1. The third-order valence-corrected chi connectivity index (χ3v) is 3.33. The quantitative estimate of drug-likeness (QED) is 0.752. The fourth-order valence-electron chi connectivity index (χ4n) is 2.09. The summed E-state index contributed by atoms with van der Waals surface area (Å²) in [5.41, 5.74) is 0.268. The Bertz CT molecular complexity index is 331. The van der Waals surface area contributed by atoms with Gasteiger partial charge in [0.25, 0.3) is 0 Å². The lowest BCUT2D eigenvalue weighted by molar-refractivity contribution is 0.190. The average Bonchev–Trinajstić information content (AvgIpc) is 2.64. The Balaban J connectivity index is 1.90. The van der Waals surface area contributed by atoms with Crippen molar-refractivity contribution < 1.29 is 4.74 Å². The summed E-state index contributed by atoms with van der Waals surface area (Å²) in [4.78, 5) is 4.37. The number of nitrogens with zero attached hydrogens (tertiary/aromatic N) is 2. The topological polar surface area (TPSA) is 39.1 Å². The first-order valence-corrected chi connectivity index (χ1v) is 6.02. The zero-order chi connectivity index (χ0) is 11.4. The molecule has 1 aromatic rings. The van der Waals surface area contributed by atoms with Crippen LogP contribution >= 0.6 is 0 Å². The third-order valence-electron chi connectivity index (χ3n) is 3.33. The van der Waals surface area contributed by atoms with Gasteiger partial charge in [0.15, 0.2) is 0 Å². The second-order valence-corrected chi connectivity index (χ2v) is 4.83. The number of hydrogen-bond donors (Lipinski definition) is 1. The minimum absolute atomic E-state index is 0.268. The number of ether oxygens (including phenoxy) is 1. The molecule has 0 spiro atoms. The predicted octanol–water partition coefficient (Wildman–Crippen LogP) is 2.27. The number of aryl methyl sites for hydroxylation is 1. The van der Waals surface area contributed by atoms with Gasteiger partial charge in [0, 0.05) is 38.2 Å². The van der Waals surface area contributed by atoms with Crippen molar-refractivity contribution in [2.45, 2.75) is 44.7 Å². The van der Waals surface area contributed by atoms with Gasteiger partial charge in [-0.2, -0.15) is 0 Å². The Kier molecular flexibility index (Phi) is 3.49. The van der Waals surface area contributed by atoms with Gasteiger partial charge in [-0.05, 0) is 32.6 Å². The molecule has 1 aliphatic carbocycles. The molecule has 2 rings (SSSR count). The minimum atomic E-state index is 0.268. The van der Waals surface area contributed by atoms with Gasteiger partial charge >= 0.3 is 0 Å². The summed E-state index contributed by atoms with van der Waals surface area (Å²) in [6.07, 6.45) is 8.74. The van der Waals surface area contributed by atoms with Crippen molar-refractivity contribution in [1.82, 2.24) is 9.55 Å². The van der Waals surface area contributed by atoms with Crippen LogP contribution in [0.15, 0.2) is 12.4 Å². The summed E-state index contributed by atoms with van der Waals surface area (Å²) in [6.45, 7) is 4.03. The highest BCUT2D eigenvalue weighted by molar-refractivity contribution is 5.31. The summed E-state index contributed by atoms with van der Waals surface area (Å²) in [5.74, 6) is 0.998. The molecule has 0 bridgehead atoms. The van der Waals surface area contributed by atoms with Crippen LogP contribution in [0, 0.1) is 0 Å². The monoisotopic (exact) mass is 223 g/mol. The first-order chi connectivity index (χ1) is 7.73. The van der Waals surface area contributed by atoms with E-state index in [1.54, 1.807) is 7.11 Å². The zero-order valence-electron chi connectivity index (χ0n) is 10.2. The van der Waals surface area contributed by atoms with Gasteiger partial charge in [-0.25, -0.2) is 4.98 Å². The van der Waals surface area contributed by atoms with Gasteiger partial charge < -0.3 is 14.6 Å². The highest BCUT2D eigenvalue weighted by atomic mass is 16.5. The molecule has 16 heavy (non-hydrogen) atoms. The first-order valence-electron chi connectivity index (χ1n) is 6.02. The molecule has 1 aromatic heterocycles. The molecule has 4 heteroatoms. The van der Waals surface area contributed by atoms with Crippen molar-refractivity contribution in [1.29, 1.82) is 0 Å². The van der Waals surface area contributed by atoms with E-state index in [0.29, 0.717) is 0 Å². The second-order valence-electron chi connectivity index (χ2n) is 4.83. The van der Waals surface area contributed by atoms with Crippen LogP contribution in [0.2, 0.25) is 0 Å². The van der Waals surface area contributed by atoms with Crippen molar-refractivity contribution >= 4 is 5.95 Å². The van der Waals surface area contributed by atoms with Gasteiger partial charge in [-0.15, -0.1) is 0 Å². The molecule has 1 aliphatic rings. The van der Waals surface area contributed by atoms with Crippen molar-refractivity contribution in [2.75, 3.05) is 19.0 Å². The summed E-state index contributed by atoms with van der Waals surface area (Å²) < 4.78 is 7.23. The molecule has 4 nitrogen and oxygen atoms in total. The van der Waals surface area contributed by atoms with Gasteiger partial charge in [0.2, 0.25) is 5.95 Å². The Hall–Kier alpha value is -1.03. The van der Waals surface area contributed by atoms with Gasteiger partial charge in [-0.1, -0.05) is 0 Å². The van der Waals surface area contributed by atoms with Crippen LogP contribution in [-0.4, -0.2) is 28.8 Å². The smallest absolute Gasteiger partial charge is 0.203 e. The van der Waals surface area contributed by atoms with E-state index >= 15 is 0 Å². The third kappa shape index (κ3) is 2.55. The van der Waals surface area contributed by atoms with E-state index in [9.17, 15) is 0 Å². The van der Waals surface area contributed by atoms with E-state index in [-0.39, 0.29) is 5.54 Å². The van der Waals surface area contributed by atoms with E-state index < -0.39 is 0 Å². The lowest BCUT2D eigenvalue weighted by Crippen LogP contribution is -2.42. The average molecular weight is 223 g/mol. The van der Waals surface area contributed by atoms with Crippen LogP contribution in [-0.2, 0) is 11.3 Å². The predicted molar refractivity (Wildman–Crippen MR) is 64.6 cm³/mol. The highest BCUT2D eigenvalue weighted by Crippen LogP contribution is 2.34. The van der Waals surface area contributed by atoms with Crippen LogP contribution < -0.4 is 5.32 Å². The molecule has 0 amide bonds. The highest BCUT2D eigenvalue weighted by Gasteiger charge is 2.32. The summed E-state index contributed by atoms with van der Waals surface area (Å²) in [7, 11) is 1.74. The molecular formula is C12H21N3O. The number of hydrogen-bond acceptors (Lipinski definition) is 3.